The van der Waals surface area contributed by atoms with E-state index >= 15 is 0 Å². The number of hydrogen-bond donors (Lipinski definition) is 7. The largest absolute Gasteiger partial charge is 0.462 e. The smallest absolute Gasteiger partial charge is 0.306 e. The Bertz CT molecular complexity index is 1160. The topological polar surface area (TPSA) is 231 Å². The summed E-state index contributed by atoms with van der Waals surface area (Å²) in [5.74, 6) is -0.928. The summed E-state index contributed by atoms with van der Waals surface area (Å²) < 4.78 is 33.5. The quantitative estimate of drug-likeness (QED) is 0.0208. The van der Waals surface area contributed by atoms with Crippen LogP contribution >= 0.6 is 0 Å². The Labute approximate surface area is 378 Å². The van der Waals surface area contributed by atoms with Gasteiger partial charge in [-0.05, 0) is 38.5 Å². The van der Waals surface area contributed by atoms with Crippen LogP contribution in [0.25, 0.3) is 0 Å². The third-order valence-electron chi connectivity index (χ3n) is 12.0. The minimum atomic E-state index is -1.76. The van der Waals surface area contributed by atoms with Gasteiger partial charge in [0, 0.05) is 12.8 Å². The maximum absolute atomic E-state index is 13.0. The van der Waals surface area contributed by atoms with Crippen molar-refractivity contribution in [3.63, 3.8) is 0 Å². The molecule has 0 aromatic carbocycles. The molecule has 0 aromatic rings. The summed E-state index contributed by atoms with van der Waals surface area (Å²) in [7, 11) is 0. The molecule has 2 fully saturated rings. The minimum Gasteiger partial charge on any atom is -0.462 e. The highest BCUT2D eigenvalue weighted by atomic mass is 16.7. The van der Waals surface area contributed by atoms with Crippen LogP contribution in [0.3, 0.4) is 0 Å². The van der Waals surface area contributed by atoms with Crippen molar-refractivity contribution in [3.8, 4) is 0 Å². The predicted octanol–water partition coefficient (Wildman–Crippen LogP) is 6.21. The molecule has 2 rings (SSSR count). The van der Waals surface area contributed by atoms with E-state index in [0.29, 0.717) is 12.8 Å². The van der Waals surface area contributed by atoms with Gasteiger partial charge in [0.15, 0.2) is 18.7 Å². The number of rotatable bonds is 38. The van der Waals surface area contributed by atoms with Crippen LogP contribution in [0.15, 0.2) is 12.2 Å². The van der Waals surface area contributed by atoms with Gasteiger partial charge in [-0.25, -0.2) is 0 Å². The highest BCUT2D eigenvalue weighted by Gasteiger charge is 2.47. The molecule has 0 amide bonds. The molecule has 370 valence electrons. The van der Waals surface area contributed by atoms with Gasteiger partial charge in [0.05, 0.1) is 19.8 Å². The summed E-state index contributed by atoms with van der Waals surface area (Å²) in [4.78, 5) is 25.7. The molecule has 0 saturated carbocycles. The normalized spacial score (nSPS) is 26.9. The summed E-state index contributed by atoms with van der Waals surface area (Å²) >= 11 is 0. The Morgan fingerprint density at radius 1 is 0.492 bits per heavy atom. The molecule has 2 saturated heterocycles. The van der Waals surface area contributed by atoms with E-state index < -0.39 is 92.7 Å². The van der Waals surface area contributed by atoms with Crippen molar-refractivity contribution in [3.05, 3.63) is 12.2 Å². The molecule has 63 heavy (non-hydrogen) atoms. The maximum atomic E-state index is 13.0. The molecule has 15 heteroatoms. The van der Waals surface area contributed by atoms with E-state index in [9.17, 15) is 45.3 Å². The van der Waals surface area contributed by atoms with Gasteiger partial charge in [-0.3, -0.25) is 9.59 Å². The molecular weight excluding hydrogens is 817 g/mol. The average molecular weight is 905 g/mol. The van der Waals surface area contributed by atoms with Gasteiger partial charge >= 0.3 is 11.9 Å². The molecular formula is C48H88O15. The van der Waals surface area contributed by atoms with E-state index in [-0.39, 0.29) is 26.1 Å². The summed E-state index contributed by atoms with van der Waals surface area (Å²) in [6.45, 7) is 2.57. The highest BCUT2D eigenvalue weighted by Crippen LogP contribution is 2.26. The second-order valence-electron chi connectivity index (χ2n) is 17.6. The van der Waals surface area contributed by atoms with E-state index in [0.717, 1.165) is 57.8 Å². The van der Waals surface area contributed by atoms with Crippen molar-refractivity contribution in [2.24, 2.45) is 0 Å². The monoisotopic (exact) mass is 905 g/mol. The molecule has 11 atom stereocenters. The van der Waals surface area contributed by atoms with Crippen LogP contribution in [-0.4, -0.2) is 142 Å². The Hall–Kier alpha value is -1.76. The zero-order valence-electron chi connectivity index (χ0n) is 38.8. The lowest BCUT2D eigenvalue weighted by Gasteiger charge is -2.42. The van der Waals surface area contributed by atoms with Crippen LogP contribution in [0.1, 0.15) is 187 Å². The van der Waals surface area contributed by atoms with Gasteiger partial charge in [0.25, 0.3) is 0 Å². The zero-order valence-corrected chi connectivity index (χ0v) is 38.8. The van der Waals surface area contributed by atoms with Crippen LogP contribution in [0.5, 0.6) is 0 Å². The Morgan fingerprint density at radius 3 is 1.40 bits per heavy atom. The van der Waals surface area contributed by atoms with Gasteiger partial charge in [-0.2, -0.15) is 0 Å². The van der Waals surface area contributed by atoms with Crippen molar-refractivity contribution in [2.45, 2.75) is 255 Å². The molecule has 15 nitrogen and oxygen atoms in total. The van der Waals surface area contributed by atoms with E-state index in [4.69, 9.17) is 28.4 Å². The number of carbonyl (C=O) groups is 2. The average Bonchev–Trinajstić information content (AvgIpc) is 3.28. The van der Waals surface area contributed by atoms with E-state index in [2.05, 4.69) is 26.0 Å². The van der Waals surface area contributed by atoms with Gasteiger partial charge < -0.3 is 64.2 Å². The number of aliphatic hydroxyl groups excluding tert-OH is 7. The number of unbranched alkanes of at least 4 members (excludes halogenated alkanes) is 22. The molecule has 0 radical (unpaired) electrons. The third kappa shape index (κ3) is 25.1. The van der Waals surface area contributed by atoms with Crippen LogP contribution < -0.4 is 0 Å². The second kappa shape index (κ2) is 36.4. The number of hydrogen-bond acceptors (Lipinski definition) is 15. The Kier molecular flexibility index (Phi) is 33.1. The zero-order chi connectivity index (χ0) is 46.1. The molecule has 7 N–H and O–H groups in total. The Morgan fingerprint density at radius 2 is 0.905 bits per heavy atom. The first kappa shape index (κ1) is 57.4. The number of carbonyl (C=O) groups excluding carboxylic acids is 2. The fraction of sp³-hybridized carbons (Fsp3) is 0.917. The van der Waals surface area contributed by atoms with Gasteiger partial charge in [0.1, 0.15) is 55.4 Å². The Balaban J connectivity index is 1.83. The second-order valence-corrected chi connectivity index (χ2v) is 17.6. The third-order valence-corrected chi connectivity index (χ3v) is 12.0. The first-order chi connectivity index (χ1) is 30.5. The SMILES string of the molecule is CCCCCCC/C=C\CCCCCCCC(=O)OC(COC(=O)CCCCCCCCCCCCCCC)COC1OC(COC2OC(CO)C(O)C(O)C2O)C(O)C(O)C1O. The van der Waals surface area contributed by atoms with Crippen molar-refractivity contribution in [2.75, 3.05) is 26.4 Å². The molecule has 0 spiro atoms. The lowest BCUT2D eigenvalue weighted by atomic mass is 9.98. The fourth-order valence-corrected chi connectivity index (χ4v) is 7.86. The number of esters is 2. The lowest BCUT2D eigenvalue weighted by molar-refractivity contribution is -0.332. The van der Waals surface area contributed by atoms with Crippen molar-refractivity contribution < 1.29 is 73.8 Å². The predicted molar refractivity (Wildman–Crippen MR) is 238 cm³/mol. The van der Waals surface area contributed by atoms with Crippen LogP contribution in [0, 0.1) is 0 Å². The molecule has 2 aliphatic rings. The van der Waals surface area contributed by atoms with Crippen molar-refractivity contribution in [1.82, 2.24) is 0 Å². The van der Waals surface area contributed by atoms with E-state index in [1.54, 1.807) is 0 Å². The van der Waals surface area contributed by atoms with Crippen molar-refractivity contribution in [1.29, 1.82) is 0 Å². The molecule has 2 heterocycles. The van der Waals surface area contributed by atoms with Crippen LogP contribution in [-0.2, 0) is 38.0 Å². The number of ether oxygens (including phenoxy) is 6. The van der Waals surface area contributed by atoms with Crippen LogP contribution in [0.4, 0.5) is 0 Å². The summed E-state index contributed by atoms with van der Waals surface area (Å²) in [6, 6.07) is 0. The first-order valence-electron chi connectivity index (χ1n) is 24.8. The summed E-state index contributed by atoms with van der Waals surface area (Å²) in [5.41, 5.74) is 0. The standard InChI is InChI=1S/C48H88O15/c1-3-5-7-9-11-13-15-17-19-21-23-25-27-29-31-40(51)61-36(33-58-39(50)30-28-26-24-22-20-18-16-14-12-10-8-6-4-2)34-59-47-46(57)44(55)42(53)38(63-47)35-60-48-45(56)43(54)41(52)37(32-49)62-48/h15,17,36-38,41-49,52-57H,3-14,16,18-35H2,1-2H3/b17-15-. The molecule has 2 aliphatic heterocycles. The molecule has 11 unspecified atom stereocenters. The van der Waals surface area contributed by atoms with E-state index in [1.165, 1.54) is 89.9 Å². The molecule has 0 aromatic heterocycles. The van der Waals surface area contributed by atoms with Crippen LogP contribution in [0.2, 0.25) is 0 Å². The minimum absolute atomic E-state index is 0.159. The van der Waals surface area contributed by atoms with Gasteiger partial charge in [-0.15, -0.1) is 0 Å². The van der Waals surface area contributed by atoms with Gasteiger partial charge in [0.2, 0.25) is 0 Å². The number of allylic oxidation sites excluding steroid dienone is 2. The van der Waals surface area contributed by atoms with Gasteiger partial charge in [-0.1, -0.05) is 148 Å². The lowest BCUT2D eigenvalue weighted by Crippen LogP contribution is -2.61. The highest BCUT2D eigenvalue weighted by molar-refractivity contribution is 5.70. The summed E-state index contributed by atoms with van der Waals surface area (Å²) in [6.07, 6.45) is 16.7. The van der Waals surface area contributed by atoms with Crippen molar-refractivity contribution >= 4 is 11.9 Å². The maximum Gasteiger partial charge on any atom is 0.306 e. The van der Waals surface area contributed by atoms with E-state index in [1.807, 2.05) is 0 Å². The molecule has 0 aliphatic carbocycles. The number of aliphatic hydroxyl groups is 7. The fourth-order valence-electron chi connectivity index (χ4n) is 7.86. The summed E-state index contributed by atoms with van der Waals surface area (Å²) in [5, 5.41) is 72.0. The molecule has 0 bridgehead atoms. The first-order valence-corrected chi connectivity index (χ1v) is 24.8.